The number of aryl methyl sites for hydroxylation is 1. The van der Waals surface area contributed by atoms with Gasteiger partial charge in [-0.25, -0.2) is 8.42 Å². The lowest BCUT2D eigenvalue weighted by atomic mass is 10.1. The summed E-state index contributed by atoms with van der Waals surface area (Å²) >= 11 is 0. The first-order chi connectivity index (χ1) is 10.3. The molecule has 0 aliphatic carbocycles. The summed E-state index contributed by atoms with van der Waals surface area (Å²) in [5.74, 6) is 0.317. The first kappa shape index (κ1) is 16.1. The SMILES string of the molecule is Cc1occc1C(=O)N[C@@H](C)c1cccc(NS(C)(=O)=O)c1. The Bertz CT molecular complexity index is 780. The van der Waals surface area contributed by atoms with Gasteiger partial charge in [0.2, 0.25) is 10.0 Å². The van der Waals surface area contributed by atoms with Crippen LogP contribution < -0.4 is 10.0 Å². The second-order valence-electron chi connectivity index (χ2n) is 5.09. The average Bonchev–Trinajstić information content (AvgIpc) is 2.83. The fraction of sp³-hybridized carbons (Fsp3) is 0.267. The topological polar surface area (TPSA) is 88.4 Å². The Morgan fingerprint density at radius 2 is 2.00 bits per heavy atom. The van der Waals surface area contributed by atoms with Crippen molar-refractivity contribution >= 4 is 21.6 Å². The zero-order chi connectivity index (χ0) is 16.3. The number of carbonyl (C=O) groups excluding carboxylic acids is 1. The molecule has 0 unspecified atom stereocenters. The molecule has 22 heavy (non-hydrogen) atoms. The molecule has 0 spiro atoms. The van der Waals surface area contributed by atoms with E-state index in [4.69, 9.17) is 4.42 Å². The Hall–Kier alpha value is -2.28. The largest absolute Gasteiger partial charge is 0.469 e. The molecule has 2 aromatic rings. The maximum absolute atomic E-state index is 12.1. The van der Waals surface area contributed by atoms with Crippen LogP contribution in [0.2, 0.25) is 0 Å². The quantitative estimate of drug-likeness (QED) is 0.885. The highest BCUT2D eigenvalue weighted by atomic mass is 32.2. The van der Waals surface area contributed by atoms with E-state index in [2.05, 4.69) is 10.0 Å². The molecule has 0 radical (unpaired) electrons. The maximum Gasteiger partial charge on any atom is 0.255 e. The van der Waals surface area contributed by atoms with E-state index >= 15 is 0 Å². The van der Waals surface area contributed by atoms with Crippen molar-refractivity contribution in [3.8, 4) is 0 Å². The molecule has 2 rings (SSSR count). The zero-order valence-corrected chi connectivity index (χ0v) is 13.4. The van der Waals surface area contributed by atoms with Crippen LogP contribution in [0.4, 0.5) is 5.69 Å². The molecule has 0 fully saturated rings. The third-order valence-corrected chi connectivity index (χ3v) is 3.75. The van der Waals surface area contributed by atoms with Gasteiger partial charge in [-0.1, -0.05) is 12.1 Å². The summed E-state index contributed by atoms with van der Waals surface area (Å²) in [6.45, 7) is 3.54. The molecule has 0 bridgehead atoms. The van der Waals surface area contributed by atoms with Crippen LogP contribution in [0.1, 0.15) is 34.6 Å². The van der Waals surface area contributed by atoms with E-state index < -0.39 is 10.0 Å². The van der Waals surface area contributed by atoms with Crippen LogP contribution in [0.15, 0.2) is 41.0 Å². The molecule has 2 N–H and O–H groups in total. The lowest BCUT2D eigenvalue weighted by molar-refractivity contribution is 0.0938. The summed E-state index contributed by atoms with van der Waals surface area (Å²) in [5.41, 5.74) is 1.74. The van der Waals surface area contributed by atoms with Crippen molar-refractivity contribution in [1.82, 2.24) is 5.32 Å². The minimum atomic E-state index is -3.33. The highest BCUT2D eigenvalue weighted by molar-refractivity contribution is 7.92. The fourth-order valence-corrected chi connectivity index (χ4v) is 2.62. The van der Waals surface area contributed by atoms with Crippen molar-refractivity contribution < 1.29 is 17.6 Å². The molecule has 0 saturated carbocycles. The van der Waals surface area contributed by atoms with Crippen molar-refractivity contribution in [3.63, 3.8) is 0 Å². The molecule has 0 saturated heterocycles. The fourth-order valence-electron chi connectivity index (χ4n) is 2.06. The molecule has 0 aliphatic heterocycles. The molecule has 0 aliphatic rings. The third kappa shape index (κ3) is 4.11. The van der Waals surface area contributed by atoms with E-state index in [9.17, 15) is 13.2 Å². The highest BCUT2D eigenvalue weighted by Gasteiger charge is 2.15. The Balaban J connectivity index is 2.13. The molecular weight excluding hydrogens is 304 g/mol. The minimum Gasteiger partial charge on any atom is -0.469 e. The molecule has 1 atom stereocenters. The summed E-state index contributed by atoms with van der Waals surface area (Å²) in [7, 11) is -3.33. The van der Waals surface area contributed by atoms with Gasteiger partial charge < -0.3 is 9.73 Å². The summed E-state index contributed by atoms with van der Waals surface area (Å²) < 4.78 is 30.0. The van der Waals surface area contributed by atoms with E-state index in [0.29, 0.717) is 17.0 Å². The number of benzene rings is 1. The van der Waals surface area contributed by atoms with Crippen LogP contribution >= 0.6 is 0 Å². The second-order valence-corrected chi connectivity index (χ2v) is 6.83. The van der Waals surface area contributed by atoms with Gasteiger partial charge in [-0.05, 0) is 37.6 Å². The van der Waals surface area contributed by atoms with Gasteiger partial charge in [0.25, 0.3) is 5.91 Å². The zero-order valence-electron chi connectivity index (χ0n) is 12.6. The second kappa shape index (κ2) is 6.23. The Labute approximate surface area is 129 Å². The number of rotatable bonds is 5. The summed E-state index contributed by atoms with van der Waals surface area (Å²) in [5, 5.41) is 2.85. The van der Waals surface area contributed by atoms with Crippen LogP contribution in [-0.4, -0.2) is 20.6 Å². The molecule has 1 heterocycles. The predicted molar refractivity (Wildman–Crippen MR) is 84.2 cm³/mol. The summed E-state index contributed by atoms with van der Waals surface area (Å²) in [6, 6.07) is 8.23. The number of amides is 1. The van der Waals surface area contributed by atoms with Crippen molar-refractivity contribution in [3.05, 3.63) is 53.5 Å². The lowest BCUT2D eigenvalue weighted by Crippen LogP contribution is -2.26. The van der Waals surface area contributed by atoms with Crippen LogP contribution in [-0.2, 0) is 10.0 Å². The van der Waals surface area contributed by atoms with E-state index in [1.54, 1.807) is 31.2 Å². The number of hydrogen-bond acceptors (Lipinski definition) is 4. The third-order valence-electron chi connectivity index (χ3n) is 3.14. The van der Waals surface area contributed by atoms with Gasteiger partial charge in [-0.15, -0.1) is 0 Å². The van der Waals surface area contributed by atoms with Gasteiger partial charge >= 0.3 is 0 Å². The Morgan fingerprint density at radius 3 is 2.59 bits per heavy atom. The maximum atomic E-state index is 12.1. The summed E-state index contributed by atoms with van der Waals surface area (Å²) in [4.78, 5) is 12.1. The van der Waals surface area contributed by atoms with Gasteiger partial charge in [-0.3, -0.25) is 9.52 Å². The van der Waals surface area contributed by atoms with Gasteiger partial charge in [0, 0.05) is 5.69 Å². The molecule has 1 amide bonds. The van der Waals surface area contributed by atoms with Crippen LogP contribution in [0.5, 0.6) is 0 Å². The monoisotopic (exact) mass is 322 g/mol. The normalized spacial score (nSPS) is 12.7. The average molecular weight is 322 g/mol. The van der Waals surface area contributed by atoms with Crippen LogP contribution in [0, 0.1) is 6.92 Å². The van der Waals surface area contributed by atoms with Crippen molar-refractivity contribution in [2.24, 2.45) is 0 Å². The van der Waals surface area contributed by atoms with Gasteiger partial charge in [0.05, 0.1) is 24.1 Å². The van der Waals surface area contributed by atoms with Crippen molar-refractivity contribution in [2.75, 3.05) is 11.0 Å². The molecule has 6 nitrogen and oxygen atoms in total. The first-order valence-electron chi connectivity index (χ1n) is 6.69. The van der Waals surface area contributed by atoms with Gasteiger partial charge in [-0.2, -0.15) is 0 Å². The standard InChI is InChI=1S/C15H18N2O4S/c1-10(16-15(18)14-7-8-21-11(14)2)12-5-4-6-13(9-12)17-22(3,19)20/h4-10,17H,1-3H3,(H,16,18)/t10-/m0/s1. The molecule has 1 aromatic carbocycles. The number of carbonyl (C=O) groups is 1. The predicted octanol–water partition coefficient (Wildman–Crippen LogP) is 2.45. The van der Waals surface area contributed by atoms with Crippen molar-refractivity contribution in [1.29, 1.82) is 0 Å². The molecule has 1 aromatic heterocycles. The Morgan fingerprint density at radius 1 is 1.27 bits per heavy atom. The van der Waals surface area contributed by atoms with Gasteiger partial charge in [0.1, 0.15) is 5.76 Å². The first-order valence-corrected chi connectivity index (χ1v) is 8.58. The number of sulfonamides is 1. The van der Waals surface area contributed by atoms with Crippen LogP contribution in [0.3, 0.4) is 0 Å². The van der Waals surface area contributed by atoms with E-state index in [0.717, 1.165) is 11.8 Å². The molecular formula is C15H18N2O4S. The van der Waals surface area contributed by atoms with E-state index in [1.807, 2.05) is 13.0 Å². The van der Waals surface area contributed by atoms with Gasteiger partial charge in [0.15, 0.2) is 0 Å². The molecule has 7 heteroatoms. The lowest BCUT2D eigenvalue weighted by Gasteiger charge is -2.15. The van der Waals surface area contributed by atoms with E-state index in [-0.39, 0.29) is 11.9 Å². The van der Waals surface area contributed by atoms with E-state index in [1.165, 1.54) is 6.26 Å². The number of hydrogen-bond donors (Lipinski definition) is 2. The number of nitrogens with one attached hydrogen (secondary N) is 2. The van der Waals surface area contributed by atoms with Crippen molar-refractivity contribution in [2.45, 2.75) is 19.9 Å². The smallest absolute Gasteiger partial charge is 0.255 e. The summed E-state index contributed by atoms with van der Waals surface area (Å²) in [6.07, 6.45) is 2.55. The highest BCUT2D eigenvalue weighted by Crippen LogP contribution is 2.19. The Kier molecular flexibility index (Phi) is 4.56. The number of anilines is 1. The van der Waals surface area contributed by atoms with Crippen LogP contribution in [0.25, 0.3) is 0 Å². The number of furan rings is 1. The minimum absolute atomic E-state index is 0.236. The molecule has 118 valence electrons.